The molecule has 1 N–H and O–H groups in total. The molecule has 1 atom stereocenters. The smallest absolute Gasteiger partial charge is 0.233 e. The Labute approximate surface area is 127 Å². The number of hydrogen-bond acceptors (Lipinski definition) is 4. The van der Waals surface area contributed by atoms with Gasteiger partial charge in [0.2, 0.25) is 5.91 Å². The minimum absolute atomic E-state index is 0.0575. The first kappa shape index (κ1) is 15.5. The van der Waals surface area contributed by atoms with Crippen molar-refractivity contribution in [3.8, 4) is 11.4 Å². The lowest BCUT2D eigenvalue weighted by Gasteiger charge is -2.10. The molecule has 1 amide bonds. The van der Waals surface area contributed by atoms with Crippen LogP contribution in [0.15, 0.2) is 29.4 Å². The summed E-state index contributed by atoms with van der Waals surface area (Å²) in [5.41, 5.74) is 0.394. The summed E-state index contributed by atoms with van der Waals surface area (Å²) < 4.78 is 15.5. The van der Waals surface area contributed by atoms with Crippen LogP contribution < -0.4 is 5.32 Å². The molecule has 0 unspecified atom stereocenters. The minimum atomic E-state index is -0.346. The Bertz CT molecular complexity index is 644. The fourth-order valence-electron chi connectivity index (χ4n) is 1.82. The third kappa shape index (κ3) is 3.41. The lowest BCUT2D eigenvalue weighted by atomic mass is 10.2. The highest BCUT2D eigenvalue weighted by molar-refractivity contribution is 8.00. The Hall–Kier alpha value is -1.89. The van der Waals surface area contributed by atoms with Gasteiger partial charge in [0.05, 0.1) is 10.8 Å². The molecule has 7 heteroatoms. The Morgan fingerprint density at radius 3 is 2.81 bits per heavy atom. The van der Waals surface area contributed by atoms with Gasteiger partial charge in [0.25, 0.3) is 0 Å². The fourth-order valence-corrected chi connectivity index (χ4v) is 2.66. The quantitative estimate of drug-likeness (QED) is 0.861. The predicted molar refractivity (Wildman–Crippen MR) is 80.4 cm³/mol. The number of rotatable bonds is 5. The third-order valence-corrected chi connectivity index (χ3v) is 4.09. The molecule has 0 aliphatic rings. The molecule has 1 aromatic carbocycles. The first-order valence-corrected chi connectivity index (χ1v) is 7.51. The van der Waals surface area contributed by atoms with Gasteiger partial charge in [0.1, 0.15) is 5.82 Å². The number of carbonyl (C=O) groups is 1. The number of amides is 1. The number of hydrogen-bond donors (Lipinski definition) is 1. The van der Waals surface area contributed by atoms with E-state index in [9.17, 15) is 9.18 Å². The Morgan fingerprint density at radius 2 is 2.14 bits per heavy atom. The highest BCUT2D eigenvalue weighted by Gasteiger charge is 2.19. The maximum Gasteiger partial charge on any atom is 0.233 e. The van der Waals surface area contributed by atoms with Crippen molar-refractivity contribution < 1.29 is 9.18 Å². The van der Waals surface area contributed by atoms with Gasteiger partial charge < -0.3 is 9.88 Å². The van der Waals surface area contributed by atoms with E-state index in [0.717, 1.165) is 0 Å². The fraction of sp³-hybridized carbons (Fsp3) is 0.357. The molecule has 0 fully saturated rings. The number of carbonyl (C=O) groups excluding carboxylic acids is 1. The van der Waals surface area contributed by atoms with E-state index in [1.165, 1.54) is 17.8 Å². The zero-order valence-electron chi connectivity index (χ0n) is 12.1. The zero-order valence-corrected chi connectivity index (χ0v) is 12.9. The Balaban J connectivity index is 2.22. The van der Waals surface area contributed by atoms with Crippen LogP contribution in [-0.2, 0) is 11.8 Å². The van der Waals surface area contributed by atoms with Crippen LogP contribution in [0.4, 0.5) is 4.39 Å². The second-order valence-corrected chi connectivity index (χ2v) is 5.81. The van der Waals surface area contributed by atoms with Crippen LogP contribution in [0.5, 0.6) is 0 Å². The zero-order chi connectivity index (χ0) is 15.4. The topological polar surface area (TPSA) is 59.8 Å². The molecule has 2 rings (SSSR count). The summed E-state index contributed by atoms with van der Waals surface area (Å²) in [6.07, 6.45) is 0. The summed E-state index contributed by atoms with van der Waals surface area (Å²) in [6, 6.07) is 6.41. The number of thioether (sulfide) groups is 1. The second kappa shape index (κ2) is 6.71. The third-order valence-electron chi connectivity index (χ3n) is 2.95. The van der Waals surface area contributed by atoms with Crippen LogP contribution >= 0.6 is 11.8 Å². The molecule has 0 bridgehead atoms. The molecule has 1 aromatic heterocycles. The summed E-state index contributed by atoms with van der Waals surface area (Å²) in [5.74, 6) is 0.0398. The van der Waals surface area contributed by atoms with E-state index in [1.807, 2.05) is 6.92 Å². The second-order valence-electron chi connectivity index (χ2n) is 4.50. The van der Waals surface area contributed by atoms with E-state index in [0.29, 0.717) is 23.1 Å². The average Bonchev–Trinajstić information content (AvgIpc) is 2.81. The predicted octanol–water partition coefficient (Wildman–Crippen LogP) is 2.24. The summed E-state index contributed by atoms with van der Waals surface area (Å²) in [4.78, 5) is 11.7. The van der Waals surface area contributed by atoms with Crippen molar-refractivity contribution >= 4 is 17.7 Å². The summed E-state index contributed by atoms with van der Waals surface area (Å²) in [6.45, 7) is 4.25. The molecule has 0 aliphatic heterocycles. The summed E-state index contributed by atoms with van der Waals surface area (Å²) >= 11 is 1.29. The van der Waals surface area contributed by atoms with Gasteiger partial charge in [-0.3, -0.25) is 4.79 Å². The lowest BCUT2D eigenvalue weighted by Crippen LogP contribution is -2.30. The van der Waals surface area contributed by atoms with E-state index in [2.05, 4.69) is 15.5 Å². The molecule has 21 heavy (non-hydrogen) atoms. The van der Waals surface area contributed by atoms with Gasteiger partial charge in [-0.15, -0.1) is 10.2 Å². The maximum absolute atomic E-state index is 13.8. The first-order valence-electron chi connectivity index (χ1n) is 6.63. The normalized spacial score (nSPS) is 12.2. The number of nitrogens with one attached hydrogen (secondary N) is 1. The van der Waals surface area contributed by atoms with Crippen LogP contribution in [-0.4, -0.2) is 32.5 Å². The molecule has 0 radical (unpaired) electrons. The first-order chi connectivity index (χ1) is 10.0. The van der Waals surface area contributed by atoms with E-state index in [4.69, 9.17) is 0 Å². The van der Waals surface area contributed by atoms with Gasteiger partial charge in [-0.25, -0.2) is 4.39 Å². The highest BCUT2D eigenvalue weighted by Crippen LogP contribution is 2.26. The van der Waals surface area contributed by atoms with E-state index >= 15 is 0 Å². The Morgan fingerprint density at radius 1 is 1.43 bits per heavy atom. The van der Waals surface area contributed by atoms with Gasteiger partial charge in [0, 0.05) is 13.6 Å². The number of benzene rings is 1. The van der Waals surface area contributed by atoms with Gasteiger partial charge in [-0.1, -0.05) is 23.9 Å². The molecular weight excluding hydrogens is 291 g/mol. The minimum Gasteiger partial charge on any atom is -0.355 e. The monoisotopic (exact) mass is 308 g/mol. The van der Waals surface area contributed by atoms with Crippen molar-refractivity contribution in [2.45, 2.75) is 24.3 Å². The molecule has 0 saturated carbocycles. The molecule has 112 valence electrons. The Kier molecular flexibility index (Phi) is 4.95. The molecule has 0 spiro atoms. The van der Waals surface area contributed by atoms with Crippen LogP contribution in [0.1, 0.15) is 13.8 Å². The van der Waals surface area contributed by atoms with Crippen molar-refractivity contribution in [3.63, 3.8) is 0 Å². The number of nitrogens with zero attached hydrogens (tertiary/aromatic N) is 3. The van der Waals surface area contributed by atoms with Crippen LogP contribution in [0, 0.1) is 5.82 Å². The van der Waals surface area contributed by atoms with Gasteiger partial charge in [-0.05, 0) is 26.0 Å². The van der Waals surface area contributed by atoms with E-state index in [-0.39, 0.29) is 17.0 Å². The van der Waals surface area contributed by atoms with Crippen molar-refractivity contribution in [2.24, 2.45) is 7.05 Å². The van der Waals surface area contributed by atoms with E-state index in [1.54, 1.807) is 36.7 Å². The summed E-state index contributed by atoms with van der Waals surface area (Å²) in [7, 11) is 1.76. The molecule has 0 saturated heterocycles. The van der Waals surface area contributed by atoms with Crippen molar-refractivity contribution in [2.75, 3.05) is 6.54 Å². The summed E-state index contributed by atoms with van der Waals surface area (Å²) in [5, 5.41) is 11.1. The highest BCUT2D eigenvalue weighted by atomic mass is 32.2. The van der Waals surface area contributed by atoms with Crippen molar-refractivity contribution in [1.82, 2.24) is 20.1 Å². The average molecular weight is 308 g/mol. The van der Waals surface area contributed by atoms with Crippen LogP contribution in [0.2, 0.25) is 0 Å². The van der Waals surface area contributed by atoms with Crippen LogP contribution in [0.25, 0.3) is 11.4 Å². The number of aromatic nitrogens is 3. The molecule has 1 heterocycles. The lowest BCUT2D eigenvalue weighted by molar-refractivity contribution is -0.120. The van der Waals surface area contributed by atoms with Crippen molar-refractivity contribution in [3.05, 3.63) is 30.1 Å². The number of halogens is 1. The standard InChI is InChI=1S/C14H17FN4OS/c1-4-16-13(20)9(2)21-14-18-17-12(19(14)3)10-7-5-6-8-11(10)15/h5-9H,4H2,1-3H3,(H,16,20)/t9-/m1/s1. The van der Waals surface area contributed by atoms with Gasteiger partial charge in [0.15, 0.2) is 11.0 Å². The van der Waals surface area contributed by atoms with Gasteiger partial charge >= 0.3 is 0 Å². The largest absolute Gasteiger partial charge is 0.355 e. The van der Waals surface area contributed by atoms with E-state index < -0.39 is 0 Å². The van der Waals surface area contributed by atoms with Gasteiger partial charge in [-0.2, -0.15) is 0 Å². The molecule has 5 nitrogen and oxygen atoms in total. The molecule has 2 aromatic rings. The maximum atomic E-state index is 13.8. The van der Waals surface area contributed by atoms with Crippen LogP contribution in [0.3, 0.4) is 0 Å². The SMILES string of the molecule is CCNC(=O)[C@@H](C)Sc1nnc(-c2ccccc2F)n1C. The molecule has 0 aliphatic carbocycles. The molecular formula is C14H17FN4OS. The van der Waals surface area contributed by atoms with Crippen molar-refractivity contribution in [1.29, 1.82) is 0 Å².